The number of fused-ring (bicyclic) bond motifs is 1. The number of hydrogen-bond donors (Lipinski definition) is 1. The summed E-state index contributed by atoms with van der Waals surface area (Å²) in [7, 11) is 0. The number of ether oxygens (including phenoxy) is 2. The standard InChI is InChI=1S/C12H19N3O2/c1-2-6-17-12-8-10(14-15(12)5-1)11-9-13-4-3-7-16-11/h8,11,13H,1-7,9H2. The first-order chi connectivity index (χ1) is 8.43. The molecule has 0 spiro atoms. The van der Waals surface area contributed by atoms with Crippen molar-refractivity contribution in [2.45, 2.75) is 31.9 Å². The van der Waals surface area contributed by atoms with Crippen LogP contribution in [0.4, 0.5) is 0 Å². The third-order valence-electron chi connectivity index (χ3n) is 3.25. The lowest BCUT2D eigenvalue weighted by Gasteiger charge is -2.11. The molecule has 5 heteroatoms. The molecule has 1 aromatic heterocycles. The number of aromatic nitrogens is 2. The number of hydrogen-bond acceptors (Lipinski definition) is 4. The zero-order valence-electron chi connectivity index (χ0n) is 10.0. The Kier molecular flexibility index (Phi) is 3.29. The molecule has 2 aliphatic rings. The highest BCUT2D eigenvalue weighted by molar-refractivity contribution is 5.19. The number of aryl methyl sites for hydroxylation is 1. The number of nitrogens with one attached hydrogen (secondary N) is 1. The molecule has 1 unspecified atom stereocenters. The summed E-state index contributed by atoms with van der Waals surface area (Å²) in [5.41, 5.74) is 0.997. The highest BCUT2D eigenvalue weighted by Gasteiger charge is 2.21. The van der Waals surface area contributed by atoms with E-state index in [0.717, 1.165) is 63.7 Å². The van der Waals surface area contributed by atoms with Gasteiger partial charge in [-0.1, -0.05) is 0 Å². The second-order valence-corrected chi connectivity index (χ2v) is 4.60. The summed E-state index contributed by atoms with van der Waals surface area (Å²) >= 11 is 0. The van der Waals surface area contributed by atoms with E-state index in [4.69, 9.17) is 9.47 Å². The van der Waals surface area contributed by atoms with Crippen molar-refractivity contribution in [3.63, 3.8) is 0 Å². The third-order valence-corrected chi connectivity index (χ3v) is 3.25. The van der Waals surface area contributed by atoms with E-state index in [1.807, 2.05) is 10.7 Å². The van der Waals surface area contributed by atoms with Crippen LogP contribution < -0.4 is 10.1 Å². The van der Waals surface area contributed by atoms with Crippen LogP contribution in [0.1, 0.15) is 31.1 Å². The van der Waals surface area contributed by atoms with Crippen LogP contribution >= 0.6 is 0 Å². The van der Waals surface area contributed by atoms with Crippen LogP contribution in [0.5, 0.6) is 5.88 Å². The predicted molar refractivity (Wildman–Crippen MR) is 63.1 cm³/mol. The second-order valence-electron chi connectivity index (χ2n) is 4.60. The van der Waals surface area contributed by atoms with E-state index in [1.165, 1.54) is 0 Å². The quantitative estimate of drug-likeness (QED) is 0.795. The Morgan fingerprint density at radius 2 is 2.29 bits per heavy atom. The van der Waals surface area contributed by atoms with Gasteiger partial charge >= 0.3 is 0 Å². The van der Waals surface area contributed by atoms with E-state index in [0.29, 0.717) is 0 Å². The fourth-order valence-corrected chi connectivity index (χ4v) is 2.30. The van der Waals surface area contributed by atoms with Crippen molar-refractivity contribution in [2.24, 2.45) is 0 Å². The fourth-order valence-electron chi connectivity index (χ4n) is 2.30. The average molecular weight is 237 g/mol. The summed E-state index contributed by atoms with van der Waals surface area (Å²) in [5.74, 6) is 0.894. The van der Waals surface area contributed by atoms with Gasteiger partial charge < -0.3 is 14.8 Å². The maximum Gasteiger partial charge on any atom is 0.212 e. The fraction of sp³-hybridized carbons (Fsp3) is 0.750. The second kappa shape index (κ2) is 5.06. The molecule has 0 saturated carbocycles. The predicted octanol–water partition coefficient (Wildman–Crippen LogP) is 1.11. The van der Waals surface area contributed by atoms with Gasteiger partial charge in [0.05, 0.1) is 12.3 Å². The van der Waals surface area contributed by atoms with Gasteiger partial charge in [-0.2, -0.15) is 5.10 Å². The van der Waals surface area contributed by atoms with Crippen LogP contribution in [0.3, 0.4) is 0 Å². The molecule has 1 aromatic rings. The Morgan fingerprint density at radius 3 is 3.29 bits per heavy atom. The van der Waals surface area contributed by atoms with Gasteiger partial charge in [0, 0.05) is 25.8 Å². The Hall–Kier alpha value is -1.07. The topological polar surface area (TPSA) is 48.3 Å². The molecule has 17 heavy (non-hydrogen) atoms. The number of rotatable bonds is 1. The molecule has 1 atom stereocenters. The number of nitrogens with zero attached hydrogens (tertiary/aromatic N) is 2. The molecular formula is C12H19N3O2. The van der Waals surface area contributed by atoms with Crippen molar-refractivity contribution in [1.82, 2.24) is 15.1 Å². The minimum atomic E-state index is 0.0699. The van der Waals surface area contributed by atoms with Gasteiger partial charge in [0.1, 0.15) is 6.10 Å². The highest BCUT2D eigenvalue weighted by atomic mass is 16.5. The molecule has 3 heterocycles. The molecular weight excluding hydrogens is 218 g/mol. The van der Waals surface area contributed by atoms with Gasteiger partial charge in [-0.15, -0.1) is 0 Å². The molecule has 0 amide bonds. The van der Waals surface area contributed by atoms with Crippen LogP contribution in [0, 0.1) is 0 Å². The van der Waals surface area contributed by atoms with E-state index < -0.39 is 0 Å². The summed E-state index contributed by atoms with van der Waals surface area (Å²) in [6.45, 7) is 4.43. The van der Waals surface area contributed by atoms with Crippen molar-refractivity contribution in [1.29, 1.82) is 0 Å². The van der Waals surface area contributed by atoms with Gasteiger partial charge in [0.25, 0.3) is 0 Å². The van der Waals surface area contributed by atoms with Crippen LogP contribution in [0.2, 0.25) is 0 Å². The highest BCUT2D eigenvalue weighted by Crippen LogP contribution is 2.24. The summed E-state index contributed by atoms with van der Waals surface area (Å²) in [6, 6.07) is 2.03. The molecule has 0 aliphatic carbocycles. The lowest BCUT2D eigenvalue weighted by Crippen LogP contribution is -2.20. The van der Waals surface area contributed by atoms with Crippen molar-refractivity contribution >= 4 is 0 Å². The van der Waals surface area contributed by atoms with E-state index in [1.54, 1.807) is 0 Å². The van der Waals surface area contributed by atoms with Crippen LogP contribution in [0.25, 0.3) is 0 Å². The van der Waals surface area contributed by atoms with Gasteiger partial charge in [0.15, 0.2) is 0 Å². The molecule has 1 saturated heterocycles. The van der Waals surface area contributed by atoms with E-state index in [-0.39, 0.29) is 6.10 Å². The van der Waals surface area contributed by atoms with Gasteiger partial charge in [0.2, 0.25) is 5.88 Å². The first-order valence-electron chi connectivity index (χ1n) is 6.46. The van der Waals surface area contributed by atoms with Crippen molar-refractivity contribution < 1.29 is 9.47 Å². The van der Waals surface area contributed by atoms with E-state index >= 15 is 0 Å². The van der Waals surface area contributed by atoms with Crippen LogP contribution in [-0.4, -0.2) is 36.1 Å². The average Bonchev–Trinajstić information content (AvgIpc) is 2.58. The summed E-state index contributed by atoms with van der Waals surface area (Å²) < 4.78 is 13.4. The Balaban J connectivity index is 1.78. The molecule has 1 fully saturated rings. The van der Waals surface area contributed by atoms with Crippen molar-refractivity contribution in [3.8, 4) is 5.88 Å². The first kappa shape index (κ1) is 11.0. The minimum absolute atomic E-state index is 0.0699. The maximum atomic E-state index is 5.80. The molecule has 0 bridgehead atoms. The Labute approximate surface area is 101 Å². The first-order valence-corrected chi connectivity index (χ1v) is 6.46. The molecule has 1 N–H and O–H groups in total. The Morgan fingerprint density at radius 1 is 1.29 bits per heavy atom. The third kappa shape index (κ3) is 2.45. The van der Waals surface area contributed by atoms with Crippen LogP contribution in [-0.2, 0) is 11.3 Å². The zero-order valence-corrected chi connectivity index (χ0v) is 10.0. The SMILES string of the molecule is c1c(C2CNCCCO2)nn2c1OCCCC2. The van der Waals surface area contributed by atoms with Gasteiger partial charge in [-0.3, -0.25) is 0 Å². The molecule has 0 aromatic carbocycles. The largest absolute Gasteiger partial charge is 0.478 e. The Bertz CT molecular complexity index is 346. The summed E-state index contributed by atoms with van der Waals surface area (Å²) in [5, 5.41) is 7.98. The van der Waals surface area contributed by atoms with E-state index in [2.05, 4.69) is 10.4 Å². The van der Waals surface area contributed by atoms with Gasteiger partial charge in [-0.25, -0.2) is 4.68 Å². The van der Waals surface area contributed by atoms with Crippen molar-refractivity contribution in [2.75, 3.05) is 26.3 Å². The lowest BCUT2D eigenvalue weighted by molar-refractivity contribution is 0.0634. The molecule has 5 nitrogen and oxygen atoms in total. The smallest absolute Gasteiger partial charge is 0.212 e. The monoisotopic (exact) mass is 237 g/mol. The zero-order chi connectivity index (χ0) is 11.5. The van der Waals surface area contributed by atoms with Crippen molar-refractivity contribution in [3.05, 3.63) is 11.8 Å². The molecule has 0 radical (unpaired) electrons. The summed E-state index contributed by atoms with van der Waals surface area (Å²) in [6.07, 6.45) is 3.39. The van der Waals surface area contributed by atoms with Gasteiger partial charge in [-0.05, 0) is 25.8 Å². The lowest BCUT2D eigenvalue weighted by atomic mass is 10.2. The van der Waals surface area contributed by atoms with E-state index in [9.17, 15) is 0 Å². The summed E-state index contributed by atoms with van der Waals surface area (Å²) in [4.78, 5) is 0. The molecule has 2 aliphatic heterocycles. The normalized spacial score (nSPS) is 25.5. The molecule has 3 rings (SSSR count). The minimum Gasteiger partial charge on any atom is -0.478 e. The molecule has 94 valence electrons. The van der Waals surface area contributed by atoms with Crippen LogP contribution in [0.15, 0.2) is 6.07 Å². The maximum absolute atomic E-state index is 5.80.